The summed E-state index contributed by atoms with van der Waals surface area (Å²) in [4.78, 5) is 14.9. The lowest BCUT2D eigenvalue weighted by Gasteiger charge is -2.22. The van der Waals surface area contributed by atoms with E-state index in [1.54, 1.807) is 0 Å². The van der Waals surface area contributed by atoms with Gasteiger partial charge in [0.15, 0.2) is 17.5 Å². The van der Waals surface area contributed by atoms with Crippen LogP contribution < -0.4 is 4.74 Å². The van der Waals surface area contributed by atoms with Crippen LogP contribution in [-0.4, -0.2) is 15.0 Å². The molecule has 8 aromatic carbocycles. The SMILES string of the molecule is c1ccc(-c2ccc(-c3nc(-c4ccccc4)nc(-c4ccc(-c5ccc6ccc7ccc8cccc9c8c7c6c5O9)cc4)n3)cc2)cc1. The zero-order chi connectivity index (χ0) is 32.3. The van der Waals surface area contributed by atoms with Gasteiger partial charge in [-0.3, -0.25) is 0 Å². The minimum atomic E-state index is 0.626. The highest BCUT2D eigenvalue weighted by molar-refractivity contribution is 6.26. The van der Waals surface area contributed by atoms with Crippen molar-refractivity contribution in [2.75, 3.05) is 0 Å². The van der Waals surface area contributed by atoms with Crippen molar-refractivity contribution in [1.29, 1.82) is 0 Å². The molecule has 0 radical (unpaired) electrons. The van der Waals surface area contributed by atoms with Crippen LogP contribution >= 0.6 is 0 Å². The molecule has 2 heterocycles. The topological polar surface area (TPSA) is 47.9 Å². The van der Waals surface area contributed by atoms with Crippen molar-refractivity contribution in [3.8, 4) is 67.9 Å². The fourth-order valence-corrected chi connectivity index (χ4v) is 7.06. The van der Waals surface area contributed by atoms with Gasteiger partial charge in [0.2, 0.25) is 0 Å². The zero-order valence-electron chi connectivity index (χ0n) is 26.3. The number of hydrogen-bond donors (Lipinski definition) is 0. The van der Waals surface area contributed by atoms with E-state index in [2.05, 4.69) is 127 Å². The van der Waals surface area contributed by atoms with Gasteiger partial charge in [-0.25, -0.2) is 15.0 Å². The summed E-state index contributed by atoms with van der Waals surface area (Å²) in [6.07, 6.45) is 0. The average Bonchev–Trinajstić information content (AvgIpc) is 3.18. The Morgan fingerprint density at radius 1 is 0.306 bits per heavy atom. The normalized spacial score (nSPS) is 11.8. The lowest BCUT2D eigenvalue weighted by atomic mass is 9.91. The van der Waals surface area contributed by atoms with E-state index < -0.39 is 0 Å². The van der Waals surface area contributed by atoms with E-state index in [-0.39, 0.29) is 0 Å². The van der Waals surface area contributed by atoms with Gasteiger partial charge in [0.05, 0.1) is 0 Å². The highest BCUT2D eigenvalue weighted by Gasteiger charge is 2.22. The predicted molar refractivity (Wildman–Crippen MR) is 200 cm³/mol. The van der Waals surface area contributed by atoms with Gasteiger partial charge in [0.1, 0.15) is 11.5 Å². The number of hydrogen-bond acceptors (Lipinski definition) is 4. The summed E-state index contributed by atoms with van der Waals surface area (Å²) in [5.41, 5.74) is 7.24. The molecule has 1 aromatic heterocycles. The van der Waals surface area contributed by atoms with Gasteiger partial charge in [-0.05, 0) is 45.0 Å². The number of ether oxygens (including phenoxy) is 1. The third-order valence-corrected chi connectivity index (χ3v) is 9.51. The third-order valence-electron chi connectivity index (χ3n) is 9.51. The molecule has 0 saturated heterocycles. The van der Waals surface area contributed by atoms with E-state index in [4.69, 9.17) is 19.7 Å². The second-order valence-electron chi connectivity index (χ2n) is 12.4. The van der Waals surface area contributed by atoms with Crippen LogP contribution in [0, 0.1) is 0 Å². The molecule has 4 heteroatoms. The van der Waals surface area contributed by atoms with Gasteiger partial charge in [-0.1, -0.05) is 152 Å². The Labute approximate surface area is 283 Å². The Balaban J connectivity index is 1.07. The molecule has 0 amide bonds. The van der Waals surface area contributed by atoms with Gasteiger partial charge < -0.3 is 4.74 Å². The van der Waals surface area contributed by atoms with Crippen molar-refractivity contribution < 1.29 is 4.74 Å². The predicted octanol–water partition coefficient (Wildman–Crippen LogP) is 11.8. The quantitative estimate of drug-likeness (QED) is 0.179. The van der Waals surface area contributed by atoms with Crippen molar-refractivity contribution in [2.24, 2.45) is 0 Å². The fourth-order valence-electron chi connectivity index (χ4n) is 7.06. The standard InChI is InChI=1S/C45H27N3O/c1-3-8-28(9-4-1)29-14-22-35(23-15-29)44-46-43(34-10-5-2-6-11-34)47-45(48-44)36-24-16-30(17-25-36)37-27-26-33-21-20-32-19-18-31-12-7-13-38-39(31)40(32)41(33)42(37)49-38/h1-27H. The Morgan fingerprint density at radius 3 is 1.37 bits per heavy atom. The first-order chi connectivity index (χ1) is 24.3. The summed E-state index contributed by atoms with van der Waals surface area (Å²) >= 11 is 0. The molecule has 0 N–H and O–H groups in total. The second-order valence-corrected chi connectivity index (χ2v) is 12.4. The van der Waals surface area contributed by atoms with Gasteiger partial charge in [0, 0.05) is 38.4 Å². The molecule has 0 atom stereocenters. The van der Waals surface area contributed by atoms with E-state index >= 15 is 0 Å². The van der Waals surface area contributed by atoms with Gasteiger partial charge in [-0.2, -0.15) is 0 Å². The lowest BCUT2D eigenvalue weighted by Crippen LogP contribution is -2.00. The summed E-state index contributed by atoms with van der Waals surface area (Å²) in [7, 11) is 0. The first-order valence-electron chi connectivity index (χ1n) is 16.4. The minimum absolute atomic E-state index is 0.626. The van der Waals surface area contributed by atoms with Crippen molar-refractivity contribution in [3.63, 3.8) is 0 Å². The van der Waals surface area contributed by atoms with Crippen LogP contribution in [0.3, 0.4) is 0 Å². The molecule has 0 fully saturated rings. The molecule has 0 spiro atoms. The van der Waals surface area contributed by atoms with Gasteiger partial charge >= 0.3 is 0 Å². The van der Waals surface area contributed by atoms with Crippen molar-refractivity contribution >= 4 is 32.3 Å². The molecule has 9 aromatic rings. The van der Waals surface area contributed by atoms with Crippen LogP contribution in [0.15, 0.2) is 164 Å². The Morgan fingerprint density at radius 2 is 0.755 bits per heavy atom. The molecular weight excluding hydrogens is 599 g/mol. The van der Waals surface area contributed by atoms with E-state index in [1.807, 2.05) is 36.4 Å². The summed E-state index contributed by atoms with van der Waals surface area (Å²) in [6.45, 7) is 0. The molecule has 0 aliphatic carbocycles. The van der Waals surface area contributed by atoms with Gasteiger partial charge in [0.25, 0.3) is 0 Å². The second kappa shape index (κ2) is 11.0. The third kappa shape index (κ3) is 4.57. The van der Waals surface area contributed by atoms with E-state index in [0.29, 0.717) is 17.5 Å². The molecular formula is C45H27N3O. The molecule has 0 unspecified atom stereocenters. The Kier molecular flexibility index (Phi) is 6.15. The molecule has 228 valence electrons. The van der Waals surface area contributed by atoms with Crippen LogP contribution in [0.25, 0.3) is 88.7 Å². The summed E-state index contributed by atoms with van der Waals surface area (Å²) in [5, 5.41) is 7.19. The summed E-state index contributed by atoms with van der Waals surface area (Å²) < 4.78 is 6.72. The Hall–Kier alpha value is -6.65. The average molecular weight is 626 g/mol. The smallest absolute Gasteiger partial charge is 0.164 e. The fraction of sp³-hybridized carbons (Fsp3) is 0. The number of nitrogens with zero attached hydrogens (tertiary/aromatic N) is 3. The summed E-state index contributed by atoms with van der Waals surface area (Å²) in [6, 6.07) is 56.8. The number of benzene rings is 8. The van der Waals surface area contributed by atoms with Crippen LogP contribution in [0.4, 0.5) is 0 Å². The highest BCUT2D eigenvalue weighted by atomic mass is 16.5. The van der Waals surface area contributed by atoms with Crippen molar-refractivity contribution in [3.05, 3.63) is 164 Å². The molecule has 10 rings (SSSR count). The maximum absolute atomic E-state index is 6.72. The number of rotatable bonds is 5. The molecule has 1 aliphatic heterocycles. The molecule has 0 saturated carbocycles. The number of aromatic nitrogens is 3. The lowest BCUT2D eigenvalue weighted by molar-refractivity contribution is 0.494. The Bertz CT molecular complexity index is 2700. The first-order valence-corrected chi connectivity index (χ1v) is 16.4. The van der Waals surface area contributed by atoms with Crippen LogP contribution in [0.2, 0.25) is 0 Å². The highest BCUT2D eigenvalue weighted by Crippen LogP contribution is 2.50. The maximum Gasteiger partial charge on any atom is 0.164 e. The van der Waals surface area contributed by atoms with E-state index in [1.165, 1.54) is 32.5 Å². The summed E-state index contributed by atoms with van der Waals surface area (Å²) in [5.74, 6) is 3.70. The molecule has 1 aliphatic rings. The minimum Gasteiger partial charge on any atom is -0.455 e. The molecule has 49 heavy (non-hydrogen) atoms. The van der Waals surface area contributed by atoms with Crippen LogP contribution in [0.5, 0.6) is 11.5 Å². The monoisotopic (exact) mass is 625 g/mol. The van der Waals surface area contributed by atoms with E-state index in [0.717, 1.165) is 50.3 Å². The first kappa shape index (κ1) is 27.5. The molecule has 0 bridgehead atoms. The maximum atomic E-state index is 6.72. The zero-order valence-corrected chi connectivity index (χ0v) is 26.3. The van der Waals surface area contributed by atoms with Crippen molar-refractivity contribution in [2.45, 2.75) is 0 Å². The van der Waals surface area contributed by atoms with Crippen LogP contribution in [0.1, 0.15) is 0 Å². The van der Waals surface area contributed by atoms with Crippen LogP contribution in [-0.2, 0) is 0 Å². The molecule has 4 nitrogen and oxygen atoms in total. The van der Waals surface area contributed by atoms with Gasteiger partial charge in [-0.15, -0.1) is 0 Å². The van der Waals surface area contributed by atoms with E-state index in [9.17, 15) is 0 Å². The van der Waals surface area contributed by atoms with Crippen molar-refractivity contribution in [1.82, 2.24) is 15.0 Å². The largest absolute Gasteiger partial charge is 0.455 e.